The zero-order valence-electron chi connectivity index (χ0n) is 12.0. The second-order valence-corrected chi connectivity index (χ2v) is 5.19. The smallest absolute Gasteiger partial charge is 0.0603 e. The van der Waals surface area contributed by atoms with Crippen LogP contribution in [0.25, 0.3) is 11.1 Å². The van der Waals surface area contributed by atoms with Gasteiger partial charge in [-0.25, -0.2) is 5.43 Å². The quantitative estimate of drug-likeness (QED) is 0.896. The number of hydrogen-bond acceptors (Lipinski definition) is 2. The molecule has 1 aliphatic rings. The van der Waals surface area contributed by atoms with Crippen molar-refractivity contribution in [2.24, 2.45) is 0 Å². The van der Waals surface area contributed by atoms with Gasteiger partial charge in [-0.2, -0.15) is 0 Å². The molecule has 0 amide bonds. The Hall–Kier alpha value is -2.06. The van der Waals surface area contributed by atoms with Crippen molar-refractivity contribution in [3.8, 4) is 11.1 Å². The van der Waals surface area contributed by atoms with Crippen molar-refractivity contribution in [1.82, 2.24) is 5.43 Å². The van der Waals surface area contributed by atoms with Gasteiger partial charge in [-0.1, -0.05) is 43.3 Å². The molecule has 0 saturated carbocycles. The van der Waals surface area contributed by atoms with Crippen LogP contribution in [-0.2, 0) is 6.42 Å². The lowest BCUT2D eigenvalue weighted by molar-refractivity contribution is 0.681. The van der Waals surface area contributed by atoms with Crippen molar-refractivity contribution in [2.45, 2.75) is 26.3 Å². The molecule has 0 saturated heterocycles. The van der Waals surface area contributed by atoms with E-state index in [2.05, 4.69) is 85.1 Å². The number of aryl methyl sites for hydroxylation is 1. The van der Waals surface area contributed by atoms with E-state index in [9.17, 15) is 0 Å². The van der Waals surface area contributed by atoms with Crippen LogP contribution in [0.3, 0.4) is 0 Å². The third kappa shape index (κ3) is 2.47. The van der Waals surface area contributed by atoms with Crippen molar-refractivity contribution in [2.75, 3.05) is 5.01 Å². The number of benzene rings is 2. The van der Waals surface area contributed by atoms with E-state index in [0.717, 1.165) is 6.42 Å². The molecule has 0 aliphatic carbocycles. The van der Waals surface area contributed by atoms with Crippen molar-refractivity contribution >= 4 is 5.69 Å². The minimum Gasteiger partial charge on any atom is -0.284 e. The van der Waals surface area contributed by atoms with Gasteiger partial charge in [0.1, 0.15) is 0 Å². The summed E-state index contributed by atoms with van der Waals surface area (Å²) in [6.07, 6.45) is 5.31. The summed E-state index contributed by atoms with van der Waals surface area (Å²) in [6, 6.07) is 17.6. The van der Waals surface area contributed by atoms with Gasteiger partial charge in [-0.3, -0.25) is 5.01 Å². The van der Waals surface area contributed by atoms with Crippen LogP contribution in [0.4, 0.5) is 5.69 Å². The summed E-state index contributed by atoms with van der Waals surface area (Å²) in [7, 11) is 0. The molecule has 2 nitrogen and oxygen atoms in total. The van der Waals surface area contributed by atoms with Gasteiger partial charge >= 0.3 is 0 Å². The molecule has 2 aromatic carbocycles. The number of hydrogen-bond donors (Lipinski definition) is 1. The van der Waals surface area contributed by atoms with Gasteiger partial charge in [0.15, 0.2) is 0 Å². The molecule has 0 fully saturated rings. The number of nitrogens with one attached hydrogen (secondary N) is 1. The first-order valence-corrected chi connectivity index (χ1v) is 7.20. The SMILES string of the molecule is CCc1cc(-c2ccccc2)ccc1N1C=CC(C)N1. The number of nitrogens with zero attached hydrogens (tertiary/aromatic N) is 1. The van der Waals surface area contributed by atoms with Crippen LogP contribution >= 0.6 is 0 Å². The second-order valence-electron chi connectivity index (χ2n) is 5.19. The van der Waals surface area contributed by atoms with Gasteiger partial charge in [0.05, 0.1) is 5.69 Å². The Labute approximate surface area is 120 Å². The highest BCUT2D eigenvalue weighted by Crippen LogP contribution is 2.28. The lowest BCUT2D eigenvalue weighted by Gasteiger charge is -2.22. The summed E-state index contributed by atoms with van der Waals surface area (Å²) in [6.45, 7) is 4.36. The average molecular weight is 264 g/mol. The van der Waals surface area contributed by atoms with Gasteiger partial charge in [-0.05, 0) is 48.2 Å². The lowest BCUT2D eigenvalue weighted by Crippen LogP contribution is -2.34. The lowest BCUT2D eigenvalue weighted by atomic mass is 10.0. The van der Waals surface area contributed by atoms with Crippen LogP contribution < -0.4 is 10.4 Å². The molecule has 102 valence electrons. The zero-order valence-corrected chi connectivity index (χ0v) is 12.0. The maximum absolute atomic E-state index is 3.43. The van der Waals surface area contributed by atoms with Gasteiger partial charge in [0.25, 0.3) is 0 Å². The van der Waals surface area contributed by atoms with Crippen LogP contribution in [-0.4, -0.2) is 6.04 Å². The monoisotopic (exact) mass is 264 g/mol. The molecule has 0 bridgehead atoms. The molecule has 1 unspecified atom stereocenters. The Balaban J connectivity index is 1.96. The topological polar surface area (TPSA) is 15.3 Å². The van der Waals surface area contributed by atoms with Crippen LogP contribution in [0, 0.1) is 0 Å². The molecule has 0 spiro atoms. The molecule has 20 heavy (non-hydrogen) atoms. The summed E-state index contributed by atoms with van der Waals surface area (Å²) in [5.74, 6) is 0. The Morgan fingerprint density at radius 1 is 1.05 bits per heavy atom. The van der Waals surface area contributed by atoms with E-state index < -0.39 is 0 Å². The summed E-state index contributed by atoms with van der Waals surface area (Å²) < 4.78 is 0. The third-order valence-corrected chi connectivity index (χ3v) is 3.69. The van der Waals surface area contributed by atoms with Crippen LogP contribution in [0.1, 0.15) is 19.4 Å². The normalized spacial score (nSPS) is 17.7. The molecule has 1 N–H and O–H groups in total. The highest BCUT2D eigenvalue weighted by atomic mass is 15.5. The van der Waals surface area contributed by atoms with Gasteiger partial charge in [-0.15, -0.1) is 0 Å². The van der Waals surface area contributed by atoms with Crippen molar-refractivity contribution < 1.29 is 0 Å². The summed E-state index contributed by atoms with van der Waals surface area (Å²) in [5, 5.41) is 2.12. The molecular formula is C18H20N2. The predicted molar refractivity (Wildman–Crippen MR) is 85.5 cm³/mol. The van der Waals surface area contributed by atoms with Crippen molar-refractivity contribution in [3.05, 3.63) is 66.4 Å². The minimum absolute atomic E-state index is 0.397. The van der Waals surface area contributed by atoms with Gasteiger partial charge < -0.3 is 0 Å². The van der Waals surface area contributed by atoms with Crippen LogP contribution in [0.2, 0.25) is 0 Å². The fourth-order valence-electron chi connectivity index (χ4n) is 2.58. The number of hydrazine groups is 1. The molecule has 0 radical (unpaired) electrons. The highest BCUT2D eigenvalue weighted by molar-refractivity contribution is 5.69. The number of rotatable bonds is 3. The molecule has 1 atom stereocenters. The van der Waals surface area contributed by atoms with Crippen molar-refractivity contribution in [3.63, 3.8) is 0 Å². The fraction of sp³-hybridized carbons (Fsp3) is 0.222. The van der Waals surface area contributed by atoms with Crippen LogP contribution in [0.15, 0.2) is 60.8 Å². The zero-order chi connectivity index (χ0) is 13.9. The van der Waals surface area contributed by atoms with Gasteiger partial charge in [0.2, 0.25) is 0 Å². The molecule has 1 heterocycles. The maximum atomic E-state index is 3.43. The van der Waals surface area contributed by atoms with E-state index in [1.54, 1.807) is 0 Å². The first-order valence-electron chi connectivity index (χ1n) is 7.20. The molecule has 0 aromatic heterocycles. The minimum atomic E-state index is 0.397. The summed E-state index contributed by atoms with van der Waals surface area (Å²) in [5.41, 5.74) is 8.58. The summed E-state index contributed by atoms with van der Waals surface area (Å²) in [4.78, 5) is 0. The molecule has 1 aliphatic heterocycles. The Bertz CT molecular complexity index is 617. The van der Waals surface area contributed by atoms with Crippen molar-refractivity contribution in [1.29, 1.82) is 0 Å². The van der Waals surface area contributed by atoms with Crippen LogP contribution in [0.5, 0.6) is 0 Å². The van der Waals surface area contributed by atoms with Gasteiger partial charge in [0, 0.05) is 12.2 Å². The Morgan fingerprint density at radius 2 is 1.85 bits per heavy atom. The molecule has 2 aromatic rings. The Kier molecular flexibility index (Phi) is 3.57. The molecular weight excluding hydrogens is 244 g/mol. The fourth-order valence-corrected chi connectivity index (χ4v) is 2.58. The molecule has 3 rings (SSSR count). The van der Waals surface area contributed by atoms with E-state index in [1.807, 2.05) is 0 Å². The average Bonchev–Trinajstić information content (AvgIpc) is 2.94. The second kappa shape index (κ2) is 5.51. The predicted octanol–water partition coefficient (Wildman–Crippen LogP) is 4.14. The first-order chi connectivity index (χ1) is 9.78. The molecule has 2 heteroatoms. The third-order valence-electron chi connectivity index (χ3n) is 3.69. The summed E-state index contributed by atoms with van der Waals surface area (Å²) >= 11 is 0. The number of anilines is 1. The first kappa shape index (κ1) is 12.9. The highest BCUT2D eigenvalue weighted by Gasteiger charge is 2.15. The van der Waals surface area contributed by atoms with E-state index in [-0.39, 0.29) is 0 Å². The standard InChI is InChI=1S/C18H20N2/c1-3-15-13-17(16-7-5-4-6-8-16)9-10-18(15)20-12-11-14(2)19-20/h4-14,19H,3H2,1-2H3. The van der Waals surface area contributed by atoms with E-state index in [1.165, 1.54) is 22.4 Å². The largest absolute Gasteiger partial charge is 0.284 e. The van der Waals surface area contributed by atoms with E-state index >= 15 is 0 Å². The Morgan fingerprint density at radius 3 is 2.50 bits per heavy atom. The maximum Gasteiger partial charge on any atom is 0.0603 e. The van der Waals surface area contributed by atoms with E-state index in [4.69, 9.17) is 0 Å². The van der Waals surface area contributed by atoms with E-state index in [0.29, 0.717) is 6.04 Å².